The minimum Gasteiger partial charge on any atom is -0.207 e. The van der Waals surface area contributed by atoms with Gasteiger partial charge in [0.25, 0.3) is 0 Å². The summed E-state index contributed by atoms with van der Waals surface area (Å²) in [7, 11) is -4.18. The molecule has 0 amide bonds. The van der Waals surface area contributed by atoms with Crippen molar-refractivity contribution < 1.29 is 21.6 Å². The van der Waals surface area contributed by atoms with Gasteiger partial charge in [-0.3, -0.25) is 0 Å². The van der Waals surface area contributed by atoms with Gasteiger partial charge in [0.2, 0.25) is 10.0 Å². The fourth-order valence-corrected chi connectivity index (χ4v) is 5.09. The molecule has 8 heteroatoms. The first-order valence-electron chi connectivity index (χ1n) is 6.40. The van der Waals surface area contributed by atoms with Crippen LogP contribution >= 0.6 is 11.3 Å². The third-order valence-corrected chi connectivity index (χ3v) is 6.61. The van der Waals surface area contributed by atoms with Crippen LogP contribution in [0.3, 0.4) is 0 Å². The summed E-state index contributed by atoms with van der Waals surface area (Å²) in [6.45, 7) is 1.20. The Balaban J connectivity index is 2.05. The zero-order valence-electron chi connectivity index (χ0n) is 11.5. The fraction of sp³-hybridized carbons (Fsp3) is 0.286. The van der Waals surface area contributed by atoms with Gasteiger partial charge in [0.05, 0.1) is 4.90 Å². The average Bonchev–Trinajstić information content (AvgIpc) is 3.00. The van der Waals surface area contributed by atoms with Crippen molar-refractivity contribution in [1.82, 2.24) is 4.31 Å². The molecule has 118 valence electrons. The number of rotatable bonds is 3. The van der Waals surface area contributed by atoms with Gasteiger partial charge in [-0.2, -0.15) is 17.5 Å². The van der Waals surface area contributed by atoms with Crippen LogP contribution in [-0.4, -0.2) is 25.4 Å². The maximum atomic E-state index is 13.5. The van der Waals surface area contributed by atoms with E-state index in [-0.39, 0.29) is 9.77 Å². The third kappa shape index (κ3) is 2.17. The highest BCUT2D eigenvalue weighted by Gasteiger charge is 2.75. The van der Waals surface area contributed by atoms with Gasteiger partial charge in [0.1, 0.15) is 0 Å². The summed E-state index contributed by atoms with van der Waals surface area (Å²) in [5.41, 5.74) is -1.59. The van der Waals surface area contributed by atoms with Crippen LogP contribution in [0.25, 0.3) is 0 Å². The van der Waals surface area contributed by atoms with Crippen LogP contribution in [0, 0.1) is 6.92 Å². The van der Waals surface area contributed by atoms with Gasteiger partial charge in [-0.25, -0.2) is 8.42 Å². The monoisotopic (exact) mass is 347 g/mol. The molecule has 2 unspecified atom stereocenters. The lowest BCUT2D eigenvalue weighted by atomic mass is 10.1. The summed E-state index contributed by atoms with van der Waals surface area (Å²) < 4.78 is 66.1. The highest BCUT2D eigenvalue weighted by molar-refractivity contribution is 7.89. The van der Waals surface area contributed by atoms with Crippen molar-refractivity contribution in [2.24, 2.45) is 0 Å². The zero-order valence-corrected chi connectivity index (χ0v) is 13.1. The summed E-state index contributed by atoms with van der Waals surface area (Å²) in [4.78, 5) is -0.128. The minimum absolute atomic E-state index is 0.00399. The molecule has 0 spiro atoms. The van der Waals surface area contributed by atoms with Crippen molar-refractivity contribution in [2.45, 2.75) is 23.5 Å². The molecule has 1 aliphatic rings. The van der Waals surface area contributed by atoms with E-state index < -0.39 is 28.3 Å². The summed E-state index contributed by atoms with van der Waals surface area (Å²) in [5, 5.41) is 1.51. The number of sulfonamides is 1. The van der Waals surface area contributed by atoms with Crippen molar-refractivity contribution in [1.29, 1.82) is 0 Å². The van der Waals surface area contributed by atoms with Crippen molar-refractivity contribution >= 4 is 21.4 Å². The van der Waals surface area contributed by atoms with Gasteiger partial charge in [0, 0.05) is 11.4 Å². The van der Waals surface area contributed by atoms with Gasteiger partial charge in [-0.05, 0) is 30.5 Å². The molecule has 0 saturated carbocycles. The second-order valence-electron chi connectivity index (χ2n) is 5.16. The Morgan fingerprint density at radius 2 is 1.82 bits per heavy atom. The van der Waals surface area contributed by atoms with Gasteiger partial charge in [-0.1, -0.05) is 23.8 Å². The van der Waals surface area contributed by atoms with E-state index in [0.29, 0.717) is 4.31 Å². The molecule has 2 aromatic rings. The van der Waals surface area contributed by atoms with Crippen LogP contribution in [0.15, 0.2) is 46.7 Å². The molecule has 1 aromatic heterocycles. The SMILES string of the molecule is Cc1ccc(S(=O)(=O)N2CC2(c2cccs2)C(F)(F)F)cc1. The van der Waals surface area contributed by atoms with Crippen LogP contribution < -0.4 is 0 Å². The molecule has 2 atom stereocenters. The summed E-state index contributed by atoms with van der Waals surface area (Å²) in [5.74, 6) is 0. The van der Waals surface area contributed by atoms with E-state index in [9.17, 15) is 21.6 Å². The Bertz CT molecular complexity index is 782. The van der Waals surface area contributed by atoms with Crippen molar-refractivity contribution in [3.05, 3.63) is 52.2 Å². The van der Waals surface area contributed by atoms with Crippen LogP contribution in [0.2, 0.25) is 0 Å². The second-order valence-corrected chi connectivity index (χ2v) is 7.97. The number of nitrogens with zero attached hydrogens (tertiary/aromatic N) is 1. The number of halogens is 3. The number of hydrogen-bond acceptors (Lipinski definition) is 3. The van der Waals surface area contributed by atoms with Crippen LogP contribution in [-0.2, 0) is 15.6 Å². The van der Waals surface area contributed by atoms with Crippen molar-refractivity contribution in [2.75, 3.05) is 6.54 Å². The largest absolute Gasteiger partial charge is 0.414 e. The lowest BCUT2D eigenvalue weighted by molar-refractivity contribution is -0.167. The standard InChI is InChI=1S/C14H12F3NO2S2/c1-10-4-6-11(7-5-10)22(19,20)18-9-13(18,14(15,16)17)12-3-2-8-21-12/h2-8H,9H2,1H3. The smallest absolute Gasteiger partial charge is 0.207 e. The minimum atomic E-state index is -4.66. The second kappa shape index (κ2) is 4.81. The Labute approximate surface area is 130 Å². The molecule has 3 nitrogen and oxygen atoms in total. The zero-order chi connectivity index (χ0) is 16.2. The van der Waals surface area contributed by atoms with Crippen LogP contribution in [0.4, 0.5) is 13.2 Å². The molecule has 1 fully saturated rings. The molecule has 1 aliphatic heterocycles. The first kappa shape index (κ1) is 15.5. The molecule has 1 aromatic carbocycles. The number of alkyl halides is 3. The van der Waals surface area contributed by atoms with Gasteiger partial charge in [0.15, 0.2) is 5.54 Å². The topological polar surface area (TPSA) is 37.1 Å². The molecule has 22 heavy (non-hydrogen) atoms. The Kier molecular flexibility index (Phi) is 3.39. The average molecular weight is 347 g/mol. The van der Waals surface area contributed by atoms with Crippen LogP contribution in [0.5, 0.6) is 0 Å². The van der Waals surface area contributed by atoms with E-state index in [0.717, 1.165) is 16.9 Å². The molecule has 0 N–H and O–H groups in total. The first-order chi connectivity index (χ1) is 10.2. The van der Waals surface area contributed by atoms with E-state index in [2.05, 4.69) is 0 Å². The summed E-state index contributed by atoms with van der Waals surface area (Å²) >= 11 is 0.911. The molecule has 0 aliphatic carbocycles. The van der Waals surface area contributed by atoms with Crippen molar-refractivity contribution in [3.63, 3.8) is 0 Å². The number of hydrogen-bond donors (Lipinski definition) is 0. The van der Waals surface area contributed by atoms with E-state index in [1.54, 1.807) is 19.1 Å². The molecule has 1 saturated heterocycles. The van der Waals surface area contributed by atoms with Gasteiger partial charge in [-0.15, -0.1) is 11.3 Å². The fourth-order valence-electron chi connectivity index (χ4n) is 2.39. The predicted octanol–water partition coefficient (Wildman–Crippen LogP) is 3.52. The van der Waals surface area contributed by atoms with E-state index in [1.165, 1.54) is 29.6 Å². The quantitative estimate of drug-likeness (QED) is 0.797. The molecule has 0 bridgehead atoms. The summed E-state index contributed by atoms with van der Waals surface area (Å²) in [6.07, 6.45) is -4.66. The van der Waals surface area contributed by atoms with Gasteiger partial charge >= 0.3 is 6.18 Å². The number of aryl methyl sites for hydroxylation is 1. The van der Waals surface area contributed by atoms with Gasteiger partial charge < -0.3 is 0 Å². The van der Waals surface area contributed by atoms with E-state index in [1.807, 2.05) is 0 Å². The van der Waals surface area contributed by atoms with Crippen molar-refractivity contribution in [3.8, 4) is 0 Å². The predicted molar refractivity (Wildman–Crippen MR) is 77.1 cm³/mol. The van der Waals surface area contributed by atoms with Crippen LogP contribution in [0.1, 0.15) is 10.4 Å². The Morgan fingerprint density at radius 3 is 2.32 bits per heavy atom. The number of benzene rings is 1. The molecule has 0 radical (unpaired) electrons. The summed E-state index contributed by atoms with van der Waals surface area (Å²) in [6, 6.07) is 8.61. The number of thiophene rings is 1. The highest BCUT2D eigenvalue weighted by atomic mass is 32.2. The molecular formula is C14H12F3NO2S2. The highest BCUT2D eigenvalue weighted by Crippen LogP contribution is 2.57. The maximum absolute atomic E-state index is 13.5. The molecule has 3 rings (SSSR count). The Morgan fingerprint density at radius 1 is 1.18 bits per heavy atom. The molecule has 2 heterocycles. The first-order valence-corrected chi connectivity index (χ1v) is 8.72. The molecular weight excluding hydrogens is 335 g/mol. The van der Waals surface area contributed by atoms with E-state index in [4.69, 9.17) is 0 Å². The Hall–Kier alpha value is -1.38. The lowest BCUT2D eigenvalue weighted by Crippen LogP contribution is -2.35. The normalized spacial score (nSPS) is 25.2. The van der Waals surface area contributed by atoms with E-state index >= 15 is 0 Å². The third-order valence-electron chi connectivity index (χ3n) is 3.70. The lowest BCUT2D eigenvalue weighted by Gasteiger charge is -2.20. The maximum Gasteiger partial charge on any atom is 0.414 e.